The van der Waals surface area contributed by atoms with Crippen LogP contribution in [-0.4, -0.2) is 25.5 Å². The summed E-state index contributed by atoms with van der Waals surface area (Å²) >= 11 is 6.40. The molecule has 2 aliphatic rings. The van der Waals surface area contributed by atoms with Crippen molar-refractivity contribution < 1.29 is 14.1 Å². The largest absolute Gasteiger partial charge is 0.469 e. The first-order valence-corrected chi connectivity index (χ1v) is 9.30. The van der Waals surface area contributed by atoms with Crippen LogP contribution in [0.15, 0.2) is 58.6 Å². The fourth-order valence-electron chi connectivity index (χ4n) is 4.02. The molecule has 0 bridgehead atoms. The van der Waals surface area contributed by atoms with E-state index in [2.05, 4.69) is 15.4 Å². The van der Waals surface area contributed by atoms with Crippen molar-refractivity contribution in [3.05, 3.63) is 80.7 Å². The molecular formula is C19H14ClN5O4. The van der Waals surface area contributed by atoms with Crippen molar-refractivity contribution >= 4 is 29.0 Å². The number of ketones is 1. The number of rotatable bonds is 3. The first kappa shape index (κ1) is 17.6. The molecule has 1 N–H and O–H groups in total. The van der Waals surface area contributed by atoms with Gasteiger partial charge < -0.3 is 9.73 Å². The molecule has 1 aromatic carbocycles. The number of furan rings is 1. The van der Waals surface area contributed by atoms with Gasteiger partial charge in [-0.05, 0) is 24.6 Å². The molecule has 9 nitrogen and oxygen atoms in total. The fourth-order valence-corrected chi connectivity index (χ4v) is 4.24. The zero-order valence-electron chi connectivity index (χ0n) is 14.9. The van der Waals surface area contributed by atoms with E-state index in [9.17, 15) is 14.9 Å². The van der Waals surface area contributed by atoms with Crippen molar-refractivity contribution in [3.8, 4) is 0 Å². The van der Waals surface area contributed by atoms with Crippen molar-refractivity contribution in [2.24, 2.45) is 0 Å². The molecule has 3 aromatic rings. The Morgan fingerprint density at radius 1 is 1.31 bits per heavy atom. The maximum Gasteiger partial charge on any atom is 0.269 e. The third-order valence-corrected chi connectivity index (χ3v) is 5.64. The van der Waals surface area contributed by atoms with Gasteiger partial charge in [-0.15, -0.1) is 0 Å². The van der Waals surface area contributed by atoms with Gasteiger partial charge >= 0.3 is 0 Å². The molecule has 2 unspecified atom stereocenters. The number of non-ortho nitro benzene ring substituents is 1. The van der Waals surface area contributed by atoms with E-state index in [4.69, 9.17) is 16.0 Å². The average molecular weight is 412 g/mol. The van der Waals surface area contributed by atoms with Gasteiger partial charge in [0.2, 0.25) is 5.95 Å². The molecule has 0 saturated carbocycles. The molecule has 1 aliphatic heterocycles. The second kappa shape index (κ2) is 6.56. The van der Waals surface area contributed by atoms with Gasteiger partial charge in [0, 0.05) is 46.3 Å². The molecule has 1 aliphatic carbocycles. The maximum absolute atomic E-state index is 13.2. The minimum absolute atomic E-state index is 0.0890. The second-order valence-electron chi connectivity index (χ2n) is 6.95. The molecular weight excluding hydrogens is 398 g/mol. The summed E-state index contributed by atoms with van der Waals surface area (Å²) < 4.78 is 7.03. The lowest BCUT2D eigenvalue weighted by molar-refractivity contribution is -0.384. The number of allylic oxidation sites excluding steroid dienone is 2. The van der Waals surface area contributed by atoms with Gasteiger partial charge in [0.15, 0.2) is 5.78 Å². The Morgan fingerprint density at radius 3 is 2.93 bits per heavy atom. The zero-order valence-corrected chi connectivity index (χ0v) is 15.7. The molecule has 146 valence electrons. The summed E-state index contributed by atoms with van der Waals surface area (Å²) in [5.74, 6) is 1.00. The highest BCUT2D eigenvalue weighted by molar-refractivity contribution is 6.31. The average Bonchev–Trinajstić information content (AvgIpc) is 3.38. The number of hydrogen-bond acceptors (Lipinski definition) is 7. The predicted molar refractivity (Wildman–Crippen MR) is 103 cm³/mol. The van der Waals surface area contributed by atoms with Crippen LogP contribution in [-0.2, 0) is 4.79 Å². The summed E-state index contributed by atoms with van der Waals surface area (Å²) in [7, 11) is 0. The lowest BCUT2D eigenvalue weighted by Gasteiger charge is -2.34. The number of hydrogen-bond donors (Lipinski definition) is 1. The van der Waals surface area contributed by atoms with Crippen molar-refractivity contribution in [1.82, 2.24) is 14.8 Å². The van der Waals surface area contributed by atoms with E-state index in [-0.39, 0.29) is 23.8 Å². The van der Waals surface area contributed by atoms with Crippen LogP contribution in [0.4, 0.5) is 11.6 Å². The maximum atomic E-state index is 13.2. The van der Waals surface area contributed by atoms with E-state index in [1.807, 2.05) is 6.07 Å². The monoisotopic (exact) mass is 411 g/mol. The van der Waals surface area contributed by atoms with Gasteiger partial charge in [0.1, 0.15) is 18.1 Å². The van der Waals surface area contributed by atoms with E-state index in [0.717, 1.165) is 5.76 Å². The Hall–Kier alpha value is -3.46. The van der Waals surface area contributed by atoms with Gasteiger partial charge in [-0.3, -0.25) is 14.9 Å². The summed E-state index contributed by atoms with van der Waals surface area (Å²) in [4.78, 5) is 28.2. The van der Waals surface area contributed by atoms with Crippen LogP contribution >= 0.6 is 11.6 Å². The Bertz CT molecular complexity index is 1170. The topological polar surface area (TPSA) is 116 Å². The molecule has 5 rings (SSSR count). The van der Waals surface area contributed by atoms with Crippen molar-refractivity contribution in [2.45, 2.75) is 24.8 Å². The molecule has 10 heteroatoms. The van der Waals surface area contributed by atoms with Gasteiger partial charge in [-0.2, -0.15) is 10.1 Å². The number of fused-ring (bicyclic) bond motifs is 1. The Balaban J connectivity index is 1.66. The Labute approximate surface area is 169 Å². The number of carbonyl (C=O) groups is 1. The van der Waals surface area contributed by atoms with Gasteiger partial charge in [0.25, 0.3) is 5.69 Å². The number of benzene rings is 1. The molecule has 0 fully saturated rings. The lowest BCUT2D eigenvalue weighted by Crippen LogP contribution is -2.33. The number of halogens is 1. The molecule has 0 amide bonds. The molecule has 0 spiro atoms. The summed E-state index contributed by atoms with van der Waals surface area (Å²) in [6.45, 7) is 0. The number of nitrogens with zero attached hydrogens (tertiary/aromatic N) is 4. The quantitative estimate of drug-likeness (QED) is 0.514. The molecule has 3 heterocycles. The molecule has 2 aromatic heterocycles. The number of nitro groups is 1. The van der Waals surface area contributed by atoms with E-state index < -0.39 is 11.0 Å². The van der Waals surface area contributed by atoms with E-state index >= 15 is 0 Å². The minimum atomic E-state index is -0.693. The van der Waals surface area contributed by atoms with Crippen LogP contribution in [0.2, 0.25) is 5.02 Å². The number of nitro benzene ring substituents is 1. The minimum Gasteiger partial charge on any atom is -0.469 e. The molecule has 0 saturated heterocycles. The van der Waals surface area contributed by atoms with Crippen LogP contribution in [0.5, 0.6) is 0 Å². The second-order valence-corrected chi connectivity index (χ2v) is 7.36. The highest BCUT2D eigenvalue weighted by Crippen LogP contribution is 2.45. The summed E-state index contributed by atoms with van der Waals surface area (Å²) in [6, 6.07) is 7.14. The van der Waals surface area contributed by atoms with E-state index in [1.54, 1.807) is 12.3 Å². The fraction of sp³-hybridized carbons (Fsp3) is 0.211. The van der Waals surface area contributed by atoms with E-state index in [0.29, 0.717) is 34.2 Å². The summed E-state index contributed by atoms with van der Waals surface area (Å²) in [6.07, 6.45) is 3.76. The van der Waals surface area contributed by atoms with Crippen LogP contribution in [0.1, 0.15) is 36.1 Å². The lowest BCUT2D eigenvalue weighted by atomic mass is 9.79. The summed E-state index contributed by atoms with van der Waals surface area (Å²) in [5, 5.41) is 19.0. The van der Waals surface area contributed by atoms with Gasteiger partial charge in [-0.1, -0.05) is 11.6 Å². The zero-order chi connectivity index (χ0) is 20.1. The standard InChI is InChI=1S/C19H14ClN5O4/c20-13-4-3-11(25(27)28)8-12(13)18-17-14(23-19-21-9-22-24(18)19)6-10(7-15(17)26)16-2-1-5-29-16/h1-5,8-10,18H,6-7H2,(H,21,22,23). The number of anilines is 1. The smallest absolute Gasteiger partial charge is 0.269 e. The Morgan fingerprint density at radius 2 is 2.17 bits per heavy atom. The van der Waals surface area contributed by atoms with Crippen molar-refractivity contribution in [3.63, 3.8) is 0 Å². The number of carbonyl (C=O) groups excluding carboxylic acids is 1. The van der Waals surface area contributed by atoms with Gasteiger partial charge in [-0.25, -0.2) is 4.68 Å². The molecule has 0 radical (unpaired) electrons. The van der Waals surface area contributed by atoms with Crippen LogP contribution in [0.25, 0.3) is 0 Å². The van der Waals surface area contributed by atoms with Crippen molar-refractivity contribution in [2.75, 3.05) is 5.32 Å². The first-order chi connectivity index (χ1) is 14.0. The summed E-state index contributed by atoms with van der Waals surface area (Å²) in [5.41, 5.74) is 1.53. The molecule has 29 heavy (non-hydrogen) atoms. The van der Waals surface area contributed by atoms with E-state index in [1.165, 1.54) is 29.2 Å². The molecule has 2 atom stereocenters. The SMILES string of the molecule is O=C1CC(c2ccco2)CC2=C1C(c1cc([N+](=O)[O-])ccc1Cl)n1ncnc1N2. The number of Topliss-reactive ketones (excluding diaryl/α,β-unsaturated/α-hetero) is 1. The predicted octanol–water partition coefficient (Wildman–Crippen LogP) is 3.85. The van der Waals surface area contributed by atoms with Crippen LogP contribution in [0.3, 0.4) is 0 Å². The highest BCUT2D eigenvalue weighted by Gasteiger charge is 2.40. The first-order valence-electron chi connectivity index (χ1n) is 8.93. The Kier molecular flexibility index (Phi) is 3.99. The third-order valence-electron chi connectivity index (χ3n) is 5.29. The van der Waals surface area contributed by atoms with Gasteiger partial charge in [0.05, 0.1) is 11.2 Å². The normalized spacial score (nSPS) is 20.8. The van der Waals surface area contributed by atoms with Crippen LogP contribution < -0.4 is 5.32 Å². The number of aromatic nitrogens is 3. The highest BCUT2D eigenvalue weighted by atomic mass is 35.5. The third kappa shape index (κ3) is 2.82. The number of nitrogens with one attached hydrogen (secondary N) is 1. The van der Waals surface area contributed by atoms with Crippen LogP contribution in [0, 0.1) is 10.1 Å². The van der Waals surface area contributed by atoms with Crippen molar-refractivity contribution in [1.29, 1.82) is 0 Å².